The lowest BCUT2D eigenvalue weighted by molar-refractivity contribution is -0.139. The summed E-state index contributed by atoms with van der Waals surface area (Å²) in [6.45, 7) is 8.05. The van der Waals surface area contributed by atoms with Crippen LogP contribution in [0.3, 0.4) is 0 Å². The Morgan fingerprint density at radius 3 is 2.43 bits per heavy atom. The third kappa shape index (κ3) is 5.19. The number of methoxy groups -OCH3 is 1. The predicted molar refractivity (Wildman–Crippen MR) is 57.3 cm³/mol. The zero-order valence-electron chi connectivity index (χ0n) is 9.64. The van der Waals surface area contributed by atoms with Crippen molar-refractivity contribution in [2.24, 2.45) is 0 Å². The second-order valence-corrected chi connectivity index (χ2v) is 3.72. The molecule has 0 radical (unpaired) electrons. The number of hydrogen-bond donors (Lipinski definition) is 2. The summed E-state index contributed by atoms with van der Waals surface area (Å²) >= 11 is 0. The minimum atomic E-state index is -0.731. The molecule has 14 heavy (non-hydrogen) atoms. The maximum Gasteiger partial charge on any atom is 0.251 e. The highest BCUT2D eigenvalue weighted by atomic mass is 16.5. The summed E-state index contributed by atoms with van der Waals surface area (Å²) in [5, 5.41) is 6.01. The van der Waals surface area contributed by atoms with E-state index >= 15 is 0 Å². The number of carbonyl (C=O) groups excluding carboxylic acids is 1. The van der Waals surface area contributed by atoms with E-state index in [1.807, 2.05) is 0 Å². The van der Waals surface area contributed by atoms with E-state index < -0.39 is 5.60 Å². The standard InChI is InChI=1S/C10H22N2O2/c1-5-6-11-7-8-12-9(13)10(2,3)14-4/h11H,5-8H2,1-4H3,(H,12,13). The summed E-state index contributed by atoms with van der Waals surface area (Å²) in [5.41, 5.74) is -0.731. The first-order chi connectivity index (χ1) is 6.54. The van der Waals surface area contributed by atoms with Gasteiger partial charge in [-0.1, -0.05) is 6.92 Å². The molecule has 0 aliphatic rings. The smallest absolute Gasteiger partial charge is 0.251 e. The second kappa shape index (κ2) is 6.79. The molecule has 0 aromatic heterocycles. The third-order valence-electron chi connectivity index (χ3n) is 2.07. The Labute approximate surface area is 86.4 Å². The molecule has 0 saturated heterocycles. The van der Waals surface area contributed by atoms with Gasteiger partial charge in [-0.25, -0.2) is 0 Å². The Bertz CT molecular complexity index is 170. The fraction of sp³-hybridized carbons (Fsp3) is 0.900. The van der Waals surface area contributed by atoms with Gasteiger partial charge in [-0.05, 0) is 26.8 Å². The molecule has 84 valence electrons. The highest BCUT2D eigenvalue weighted by Gasteiger charge is 2.25. The van der Waals surface area contributed by atoms with E-state index in [1.54, 1.807) is 13.8 Å². The molecule has 4 heteroatoms. The lowest BCUT2D eigenvalue weighted by atomic mass is 10.1. The van der Waals surface area contributed by atoms with Gasteiger partial charge in [-0.2, -0.15) is 0 Å². The molecule has 4 nitrogen and oxygen atoms in total. The fourth-order valence-electron chi connectivity index (χ4n) is 0.872. The van der Waals surface area contributed by atoms with Gasteiger partial charge < -0.3 is 15.4 Å². The first kappa shape index (κ1) is 13.4. The molecular weight excluding hydrogens is 180 g/mol. The highest BCUT2D eigenvalue weighted by Crippen LogP contribution is 2.05. The van der Waals surface area contributed by atoms with Crippen LogP contribution >= 0.6 is 0 Å². The molecule has 0 rings (SSSR count). The average Bonchev–Trinajstić information content (AvgIpc) is 2.17. The second-order valence-electron chi connectivity index (χ2n) is 3.72. The molecule has 0 aromatic carbocycles. The topological polar surface area (TPSA) is 50.4 Å². The molecule has 1 amide bonds. The van der Waals surface area contributed by atoms with E-state index in [0.29, 0.717) is 6.54 Å². The molecule has 0 heterocycles. The number of carbonyl (C=O) groups is 1. The first-order valence-corrected chi connectivity index (χ1v) is 5.08. The van der Waals surface area contributed by atoms with E-state index in [4.69, 9.17) is 4.74 Å². The maximum atomic E-state index is 11.5. The van der Waals surface area contributed by atoms with Gasteiger partial charge in [0.25, 0.3) is 5.91 Å². The lowest BCUT2D eigenvalue weighted by Gasteiger charge is -2.21. The third-order valence-corrected chi connectivity index (χ3v) is 2.07. The van der Waals surface area contributed by atoms with E-state index in [9.17, 15) is 4.79 Å². The first-order valence-electron chi connectivity index (χ1n) is 5.08. The molecule has 0 aliphatic heterocycles. The van der Waals surface area contributed by atoms with Crippen molar-refractivity contribution in [3.8, 4) is 0 Å². The SMILES string of the molecule is CCCNCCNC(=O)C(C)(C)OC. The molecule has 2 N–H and O–H groups in total. The van der Waals surface area contributed by atoms with Crippen molar-refractivity contribution in [1.82, 2.24) is 10.6 Å². The van der Waals surface area contributed by atoms with Gasteiger partial charge in [0.2, 0.25) is 0 Å². The van der Waals surface area contributed by atoms with Crippen LogP contribution in [-0.2, 0) is 9.53 Å². The van der Waals surface area contributed by atoms with Crippen LogP contribution < -0.4 is 10.6 Å². The summed E-state index contributed by atoms with van der Waals surface area (Å²) in [7, 11) is 1.54. The Kier molecular flexibility index (Phi) is 6.49. The molecular formula is C10H22N2O2. The van der Waals surface area contributed by atoms with Gasteiger partial charge in [-0.3, -0.25) is 4.79 Å². The quantitative estimate of drug-likeness (QED) is 0.592. The van der Waals surface area contributed by atoms with E-state index in [2.05, 4.69) is 17.6 Å². The number of amides is 1. The number of nitrogens with one attached hydrogen (secondary N) is 2. The van der Waals surface area contributed by atoms with Gasteiger partial charge in [0.1, 0.15) is 5.60 Å². The van der Waals surface area contributed by atoms with Gasteiger partial charge in [0, 0.05) is 20.2 Å². The number of hydrogen-bond acceptors (Lipinski definition) is 3. The van der Waals surface area contributed by atoms with Gasteiger partial charge >= 0.3 is 0 Å². The molecule has 0 spiro atoms. The Morgan fingerprint density at radius 2 is 1.93 bits per heavy atom. The molecule has 0 bridgehead atoms. The molecule has 0 atom stereocenters. The van der Waals surface area contributed by atoms with Crippen LogP contribution in [0, 0.1) is 0 Å². The van der Waals surface area contributed by atoms with Crippen LogP contribution in [0.15, 0.2) is 0 Å². The lowest BCUT2D eigenvalue weighted by Crippen LogP contribution is -2.45. The van der Waals surface area contributed by atoms with Crippen LogP contribution in [-0.4, -0.2) is 38.3 Å². The van der Waals surface area contributed by atoms with Crippen molar-refractivity contribution in [3.63, 3.8) is 0 Å². The largest absolute Gasteiger partial charge is 0.369 e. The van der Waals surface area contributed by atoms with Crippen LogP contribution in [0.25, 0.3) is 0 Å². The zero-order valence-corrected chi connectivity index (χ0v) is 9.64. The average molecular weight is 202 g/mol. The minimum Gasteiger partial charge on any atom is -0.369 e. The Hall–Kier alpha value is -0.610. The summed E-state index contributed by atoms with van der Waals surface area (Å²) in [5.74, 6) is -0.0710. The van der Waals surface area contributed by atoms with Crippen molar-refractivity contribution < 1.29 is 9.53 Å². The molecule has 0 unspecified atom stereocenters. The van der Waals surface area contributed by atoms with Crippen molar-refractivity contribution in [2.75, 3.05) is 26.7 Å². The number of ether oxygens (including phenoxy) is 1. The summed E-state index contributed by atoms with van der Waals surface area (Å²) < 4.78 is 5.05. The van der Waals surface area contributed by atoms with Crippen molar-refractivity contribution in [3.05, 3.63) is 0 Å². The highest BCUT2D eigenvalue weighted by molar-refractivity contribution is 5.84. The molecule has 0 aromatic rings. The zero-order chi connectivity index (χ0) is 11.0. The predicted octanol–water partition coefficient (Wildman–Crippen LogP) is 0.527. The van der Waals surface area contributed by atoms with Crippen LogP contribution in [0.2, 0.25) is 0 Å². The van der Waals surface area contributed by atoms with Gasteiger partial charge in [-0.15, -0.1) is 0 Å². The number of rotatable bonds is 7. The summed E-state index contributed by atoms with van der Waals surface area (Å²) in [4.78, 5) is 11.5. The van der Waals surface area contributed by atoms with E-state index in [1.165, 1.54) is 7.11 Å². The van der Waals surface area contributed by atoms with Crippen molar-refractivity contribution in [1.29, 1.82) is 0 Å². The molecule has 0 fully saturated rings. The monoisotopic (exact) mass is 202 g/mol. The fourth-order valence-corrected chi connectivity index (χ4v) is 0.872. The van der Waals surface area contributed by atoms with E-state index in [0.717, 1.165) is 19.5 Å². The summed E-state index contributed by atoms with van der Waals surface area (Å²) in [6.07, 6.45) is 1.11. The molecule has 0 saturated carbocycles. The van der Waals surface area contributed by atoms with Crippen molar-refractivity contribution in [2.45, 2.75) is 32.8 Å². The minimum absolute atomic E-state index is 0.0710. The van der Waals surface area contributed by atoms with Crippen LogP contribution in [0.5, 0.6) is 0 Å². The molecule has 0 aliphatic carbocycles. The summed E-state index contributed by atoms with van der Waals surface area (Å²) in [6, 6.07) is 0. The maximum absolute atomic E-state index is 11.5. The normalized spacial score (nSPS) is 11.4. The van der Waals surface area contributed by atoms with E-state index in [-0.39, 0.29) is 5.91 Å². The Balaban J connectivity index is 3.54. The Morgan fingerprint density at radius 1 is 1.29 bits per heavy atom. The van der Waals surface area contributed by atoms with Gasteiger partial charge in [0.05, 0.1) is 0 Å². The van der Waals surface area contributed by atoms with Crippen LogP contribution in [0.1, 0.15) is 27.2 Å². The van der Waals surface area contributed by atoms with Crippen molar-refractivity contribution >= 4 is 5.91 Å². The van der Waals surface area contributed by atoms with Gasteiger partial charge in [0.15, 0.2) is 0 Å². The van der Waals surface area contributed by atoms with Crippen LogP contribution in [0.4, 0.5) is 0 Å².